The van der Waals surface area contributed by atoms with Crippen LogP contribution in [0.3, 0.4) is 0 Å². The summed E-state index contributed by atoms with van der Waals surface area (Å²) in [6.07, 6.45) is 1.29. The van der Waals surface area contributed by atoms with Gasteiger partial charge in [-0.1, -0.05) is 35.9 Å². The van der Waals surface area contributed by atoms with Gasteiger partial charge in [0.15, 0.2) is 0 Å². The van der Waals surface area contributed by atoms with E-state index < -0.39 is 5.82 Å². The van der Waals surface area contributed by atoms with Crippen LogP contribution in [0.2, 0.25) is 5.02 Å². The number of aromatic nitrogens is 1. The topological polar surface area (TPSA) is 54.4 Å². The van der Waals surface area contributed by atoms with Crippen molar-refractivity contribution in [3.8, 4) is 0 Å². The van der Waals surface area contributed by atoms with Gasteiger partial charge in [0, 0.05) is 10.9 Å². The Hall–Kier alpha value is -2.31. The summed E-state index contributed by atoms with van der Waals surface area (Å²) in [5.74, 6) is -0.828. The third-order valence-corrected chi connectivity index (χ3v) is 4.36. The van der Waals surface area contributed by atoms with Crippen molar-refractivity contribution < 1.29 is 9.18 Å². The van der Waals surface area contributed by atoms with Crippen molar-refractivity contribution in [2.75, 3.05) is 0 Å². The van der Waals surface area contributed by atoms with Crippen LogP contribution in [0.15, 0.2) is 47.6 Å². The first-order valence-electron chi connectivity index (χ1n) is 6.74. The van der Waals surface area contributed by atoms with Crippen molar-refractivity contribution in [1.29, 1.82) is 0 Å². The van der Waals surface area contributed by atoms with Crippen molar-refractivity contribution in [1.82, 2.24) is 9.80 Å². The van der Waals surface area contributed by atoms with Gasteiger partial charge in [-0.05, 0) is 29.7 Å². The second-order valence-electron chi connectivity index (χ2n) is 4.73. The Kier molecular flexibility index (Phi) is 4.64. The Balaban J connectivity index is 1.67. The molecule has 0 aliphatic heterocycles. The molecule has 0 saturated carbocycles. The van der Waals surface area contributed by atoms with Crippen LogP contribution in [0.4, 0.5) is 4.39 Å². The van der Waals surface area contributed by atoms with Gasteiger partial charge in [0.2, 0.25) is 5.91 Å². The van der Waals surface area contributed by atoms with Gasteiger partial charge < -0.3 is 0 Å². The highest BCUT2D eigenvalue weighted by atomic mass is 35.5. The fourth-order valence-corrected chi connectivity index (χ4v) is 3.07. The number of nitrogens with one attached hydrogen (secondary N) is 1. The Bertz CT molecular complexity index is 874. The summed E-state index contributed by atoms with van der Waals surface area (Å²) in [7, 11) is 0. The third-order valence-electron chi connectivity index (χ3n) is 3.16. The summed E-state index contributed by atoms with van der Waals surface area (Å²) in [6, 6.07) is 12.0. The lowest BCUT2D eigenvalue weighted by Gasteiger charge is -2.00. The van der Waals surface area contributed by atoms with Gasteiger partial charge in [0.25, 0.3) is 0 Å². The number of nitrogens with zero attached hydrogens (tertiary/aromatic N) is 2. The van der Waals surface area contributed by atoms with Crippen LogP contribution in [-0.2, 0) is 11.2 Å². The molecule has 2 aromatic carbocycles. The molecule has 116 valence electrons. The summed E-state index contributed by atoms with van der Waals surface area (Å²) in [4.78, 5) is 11.9. The van der Waals surface area contributed by atoms with Gasteiger partial charge in [-0.25, -0.2) is 9.82 Å². The molecule has 3 rings (SSSR count). The second kappa shape index (κ2) is 6.85. The van der Waals surface area contributed by atoms with Crippen LogP contribution in [-0.4, -0.2) is 16.5 Å². The highest BCUT2D eigenvalue weighted by molar-refractivity contribution is 7.13. The number of carbonyl (C=O) groups is 1. The average Bonchev–Trinajstić information content (AvgIpc) is 2.93. The lowest BCUT2D eigenvalue weighted by Crippen LogP contribution is -2.20. The van der Waals surface area contributed by atoms with E-state index in [9.17, 15) is 9.18 Å². The predicted molar refractivity (Wildman–Crippen MR) is 90.5 cm³/mol. The minimum atomic E-state index is -0.499. The van der Waals surface area contributed by atoms with Crippen LogP contribution in [0.1, 0.15) is 11.3 Å². The predicted octanol–water partition coefficient (Wildman–Crippen LogP) is 3.78. The van der Waals surface area contributed by atoms with E-state index in [-0.39, 0.29) is 22.9 Å². The maximum absolute atomic E-state index is 13.6. The SMILES string of the molecule is O=C(Cc1nsc2ccccc12)N/N=C/c1c(F)cccc1Cl. The molecule has 1 amide bonds. The number of hydrogen-bond acceptors (Lipinski definition) is 4. The number of hydrazone groups is 1. The van der Waals surface area contributed by atoms with Crippen LogP contribution >= 0.6 is 23.1 Å². The van der Waals surface area contributed by atoms with Gasteiger partial charge in [-0.2, -0.15) is 9.47 Å². The number of carbonyl (C=O) groups excluding carboxylic acids is 1. The normalized spacial score (nSPS) is 11.2. The average molecular weight is 348 g/mol. The molecule has 0 radical (unpaired) electrons. The number of benzene rings is 2. The standard InChI is InChI=1S/C16H11ClFN3OS/c17-12-5-3-6-13(18)11(12)9-19-20-16(22)8-14-10-4-1-2-7-15(10)23-21-14/h1-7,9H,8H2,(H,20,22)/b19-9+. The lowest BCUT2D eigenvalue weighted by molar-refractivity contribution is -0.120. The Morgan fingerprint density at radius 3 is 2.96 bits per heavy atom. The molecule has 0 fully saturated rings. The molecule has 0 spiro atoms. The molecule has 7 heteroatoms. The van der Waals surface area contributed by atoms with Crippen LogP contribution in [0, 0.1) is 5.82 Å². The zero-order valence-corrected chi connectivity index (χ0v) is 13.4. The first kappa shape index (κ1) is 15.6. The fraction of sp³-hybridized carbons (Fsp3) is 0.0625. The van der Waals surface area contributed by atoms with E-state index in [2.05, 4.69) is 14.9 Å². The molecule has 0 aliphatic carbocycles. The fourth-order valence-electron chi connectivity index (χ4n) is 2.06. The van der Waals surface area contributed by atoms with E-state index in [1.165, 1.54) is 29.9 Å². The zero-order chi connectivity index (χ0) is 16.2. The Morgan fingerprint density at radius 1 is 1.30 bits per heavy atom. The highest BCUT2D eigenvalue weighted by Gasteiger charge is 2.10. The molecular weight excluding hydrogens is 337 g/mol. The van der Waals surface area contributed by atoms with E-state index >= 15 is 0 Å². The van der Waals surface area contributed by atoms with Crippen molar-refractivity contribution in [3.05, 3.63) is 64.6 Å². The molecule has 0 atom stereocenters. The first-order valence-corrected chi connectivity index (χ1v) is 7.89. The molecule has 1 heterocycles. The summed E-state index contributed by atoms with van der Waals surface area (Å²) in [5, 5.41) is 4.93. The summed E-state index contributed by atoms with van der Waals surface area (Å²) in [6.45, 7) is 0. The van der Waals surface area contributed by atoms with Crippen molar-refractivity contribution in [3.63, 3.8) is 0 Å². The van der Waals surface area contributed by atoms with Gasteiger partial charge in [0.05, 0.1) is 28.1 Å². The largest absolute Gasteiger partial charge is 0.273 e. The molecule has 0 aliphatic rings. The summed E-state index contributed by atoms with van der Waals surface area (Å²) < 4.78 is 18.9. The van der Waals surface area contributed by atoms with Crippen molar-refractivity contribution in [2.45, 2.75) is 6.42 Å². The molecule has 23 heavy (non-hydrogen) atoms. The molecule has 1 N–H and O–H groups in total. The van der Waals surface area contributed by atoms with Crippen LogP contribution in [0.25, 0.3) is 10.1 Å². The molecule has 1 aromatic heterocycles. The molecule has 4 nitrogen and oxygen atoms in total. The molecular formula is C16H11ClFN3OS. The summed E-state index contributed by atoms with van der Waals surface area (Å²) in [5.41, 5.74) is 3.19. The number of hydrogen-bond donors (Lipinski definition) is 1. The number of rotatable bonds is 4. The van der Waals surface area contributed by atoms with E-state index in [1.807, 2.05) is 24.3 Å². The molecule has 0 saturated heterocycles. The van der Waals surface area contributed by atoms with Crippen molar-refractivity contribution in [2.24, 2.45) is 5.10 Å². The first-order chi connectivity index (χ1) is 11.1. The molecule has 0 bridgehead atoms. The molecule has 3 aromatic rings. The number of fused-ring (bicyclic) bond motifs is 1. The maximum atomic E-state index is 13.6. The Labute approximate surface area is 140 Å². The smallest absolute Gasteiger partial charge is 0.246 e. The quantitative estimate of drug-likeness (QED) is 0.576. The second-order valence-corrected chi connectivity index (χ2v) is 5.94. The van der Waals surface area contributed by atoms with E-state index in [4.69, 9.17) is 11.6 Å². The monoisotopic (exact) mass is 347 g/mol. The van der Waals surface area contributed by atoms with Crippen LogP contribution in [0.5, 0.6) is 0 Å². The third kappa shape index (κ3) is 3.55. The maximum Gasteiger partial charge on any atom is 0.246 e. The molecule has 0 unspecified atom stereocenters. The lowest BCUT2D eigenvalue weighted by atomic mass is 10.2. The highest BCUT2D eigenvalue weighted by Crippen LogP contribution is 2.22. The zero-order valence-electron chi connectivity index (χ0n) is 11.8. The van der Waals surface area contributed by atoms with Gasteiger partial charge in [0.1, 0.15) is 5.82 Å². The van der Waals surface area contributed by atoms with Gasteiger partial charge in [-0.15, -0.1) is 0 Å². The number of halogens is 2. The van der Waals surface area contributed by atoms with Crippen molar-refractivity contribution >= 4 is 45.3 Å². The van der Waals surface area contributed by atoms with E-state index in [0.29, 0.717) is 5.69 Å². The van der Waals surface area contributed by atoms with Gasteiger partial charge in [-0.3, -0.25) is 4.79 Å². The van der Waals surface area contributed by atoms with Gasteiger partial charge >= 0.3 is 0 Å². The van der Waals surface area contributed by atoms with Crippen LogP contribution < -0.4 is 5.43 Å². The van der Waals surface area contributed by atoms with E-state index in [1.54, 1.807) is 6.07 Å². The minimum absolute atomic E-state index is 0.104. The summed E-state index contributed by atoms with van der Waals surface area (Å²) >= 11 is 7.22. The minimum Gasteiger partial charge on any atom is -0.273 e. The Morgan fingerprint density at radius 2 is 2.13 bits per heavy atom. The number of amides is 1. The van der Waals surface area contributed by atoms with E-state index in [0.717, 1.165) is 10.1 Å².